The number of aromatic carboxylic acids is 1. The number of aromatic nitrogens is 1. The maximum absolute atomic E-state index is 13.3. The van der Waals surface area contributed by atoms with Gasteiger partial charge >= 0.3 is 12.1 Å². The van der Waals surface area contributed by atoms with E-state index in [0.29, 0.717) is 30.6 Å². The number of carbonyl (C=O) groups excluding carboxylic acids is 1. The average Bonchev–Trinajstić information content (AvgIpc) is 3.41. The van der Waals surface area contributed by atoms with Crippen LogP contribution in [0, 0.1) is 5.92 Å². The molecule has 3 atom stereocenters. The number of pyridine rings is 1. The van der Waals surface area contributed by atoms with E-state index in [1.165, 1.54) is 24.3 Å². The Kier molecular flexibility index (Phi) is 7.10. The minimum absolute atomic E-state index is 0.0937. The van der Waals surface area contributed by atoms with Gasteiger partial charge in [-0.05, 0) is 61.4 Å². The molecule has 2 aliphatic rings. The molecule has 1 amide bonds. The number of halogens is 3. The van der Waals surface area contributed by atoms with Crippen LogP contribution in [0.5, 0.6) is 0 Å². The van der Waals surface area contributed by atoms with Crippen molar-refractivity contribution in [1.29, 1.82) is 0 Å². The first kappa shape index (κ1) is 26.7. The number of hydrogen-bond acceptors (Lipinski definition) is 6. The minimum Gasteiger partial charge on any atom is -0.478 e. The molecule has 1 saturated carbocycles. The highest BCUT2D eigenvalue weighted by atomic mass is 32.2. The van der Waals surface area contributed by atoms with E-state index in [1.807, 2.05) is 4.90 Å². The lowest BCUT2D eigenvalue weighted by atomic mass is 10.0. The van der Waals surface area contributed by atoms with Gasteiger partial charge in [0.1, 0.15) is 11.5 Å². The zero-order chi connectivity index (χ0) is 27.1. The summed E-state index contributed by atoms with van der Waals surface area (Å²) in [5, 5.41) is 12.3. The van der Waals surface area contributed by atoms with E-state index in [4.69, 9.17) is 0 Å². The number of rotatable bonds is 8. The van der Waals surface area contributed by atoms with Crippen LogP contribution in [0.25, 0.3) is 0 Å². The number of hydrogen-bond donors (Lipinski definition) is 3. The standard InChI is InChI=1S/C24H27F3N4O5S/c1-13(14-5-7-19(30-37(2,35)36)18(11-14)23(33)34)28-22(32)17-12-16(17)15-6-8-20(24(25,26)27)29-21(15)31-9-3-4-10-31/h5-8,11,13,16-17,30H,3-4,9-10,12H2,1-2H3,(H,28,32)(H,33,34)/t13-,16?,17?/m1/s1. The maximum Gasteiger partial charge on any atom is 0.433 e. The molecular formula is C24H27F3N4O5S. The molecule has 1 aliphatic heterocycles. The van der Waals surface area contributed by atoms with Gasteiger partial charge in [0, 0.05) is 19.0 Å². The number of benzene rings is 1. The number of carboxylic acid groups (broad SMARTS) is 1. The summed E-state index contributed by atoms with van der Waals surface area (Å²) in [7, 11) is -3.70. The van der Waals surface area contributed by atoms with Crippen molar-refractivity contribution in [3.8, 4) is 0 Å². The van der Waals surface area contributed by atoms with Crippen LogP contribution in [0.2, 0.25) is 0 Å². The Morgan fingerprint density at radius 1 is 1.16 bits per heavy atom. The van der Waals surface area contributed by atoms with Gasteiger partial charge in [-0.2, -0.15) is 13.2 Å². The molecule has 0 bridgehead atoms. The van der Waals surface area contributed by atoms with Crippen molar-refractivity contribution in [3.05, 3.63) is 52.7 Å². The second-order valence-corrected chi connectivity index (χ2v) is 11.2. The molecule has 9 nitrogen and oxygen atoms in total. The Labute approximate surface area is 212 Å². The highest BCUT2D eigenvalue weighted by molar-refractivity contribution is 7.92. The summed E-state index contributed by atoms with van der Waals surface area (Å²) in [5.41, 5.74) is -0.248. The highest BCUT2D eigenvalue weighted by Crippen LogP contribution is 2.51. The van der Waals surface area contributed by atoms with E-state index < -0.39 is 39.8 Å². The third-order valence-corrected chi connectivity index (χ3v) is 7.15. The monoisotopic (exact) mass is 540 g/mol. The van der Waals surface area contributed by atoms with Gasteiger partial charge in [0.05, 0.1) is 23.5 Å². The van der Waals surface area contributed by atoms with Gasteiger partial charge in [-0.25, -0.2) is 18.2 Å². The van der Waals surface area contributed by atoms with E-state index in [-0.39, 0.29) is 28.9 Å². The summed E-state index contributed by atoms with van der Waals surface area (Å²) >= 11 is 0. The number of sulfonamides is 1. The van der Waals surface area contributed by atoms with Gasteiger partial charge in [0.15, 0.2) is 0 Å². The van der Waals surface area contributed by atoms with Crippen molar-refractivity contribution in [1.82, 2.24) is 10.3 Å². The van der Waals surface area contributed by atoms with Crippen molar-refractivity contribution in [2.45, 2.75) is 44.3 Å². The largest absolute Gasteiger partial charge is 0.478 e. The van der Waals surface area contributed by atoms with Crippen LogP contribution in [-0.4, -0.2) is 49.7 Å². The molecule has 1 aromatic carbocycles. The fourth-order valence-corrected chi connectivity index (χ4v) is 5.20. The molecule has 200 valence electrons. The Bertz CT molecular complexity index is 1330. The van der Waals surface area contributed by atoms with E-state index in [2.05, 4.69) is 15.0 Å². The quantitative estimate of drug-likeness (QED) is 0.465. The lowest BCUT2D eigenvalue weighted by Crippen LogP contribution is -2.29. The fourth-order valence-electron chi connectivity index (χ4n) is 4.62. The fraction of sp³-hybridized carbons (Fsp3) is 0.458. The normalized spacial score (nSPS) is 20.4. The molecule has 2 heterocycles. The zero-order valence-corrected chi connectivity index (χ0v) is 21.0. The first-order chi connectivity index (χ1) is 17.2. The number of carbonyl (C=O) groups is 2. The number of anilines is 2. The molecule has 1 aliphatic carbocycles. The molecule has 2 fully saturated rings. The molecule has 4 rings (SSSR count). The first-order valence-corrected chi connectivity index (χ1v) is 13.6. The average molecular weight is 541 g/mol. The topological polar surface area (TPSA) is 129 Å². The highest BCUT2D eigenvalue weighted by Gasteiger charge is 2.47. The molecule has 13 heteroatoms. The van der Waals surface area contributed by atoms with Crippen LogP contribution in [-0.2, 0) is 21.0 Å². The van der Waals surface area contributed by atoms with E-state index in [9.17, 15) is 36.3 Å². The smallest absolute Gasteiger partial charge is 0.433 e. The summed E-state index contributed by atoms with van der Waals surface area (Å²) in [6.07, 6.45) is -1.47. The number of nitrogens with one attached hydrogen (secondary N) is 2. The Morgan fingerprint density at radius 2 is 1.84 bits per heavy atom. The van der Waals surface area contributed by atoms with Crippen LogP contribution in [0.3, 0.4) is 0 Å². The van der Waals surface area contributed by atoms with Crippen LogP contribution < -0.4 is 14.9 Å². The van der Waals surface area contributed by atoms with Crippen molar-refractivity contribution in [3.63, 3.8) is 0 Å². The van der Waals surface area contributed by atoms with Gasteiger partial charge in [-0.1, -0.05) is 12.1 Å². The lowest BCUT2D eigenvalue weighted by Gasteiger charge is -2.22. The summed E-state index contributed by atoms with van der Waals surface area (Å²) < 4.78 is 65.0. The molecule has 1 aromatic heterocycles. The van der Waals surface area contributed by atoms with Gasteiger partial charge in [0.2, 0.25) is 15.9 Å². The second-order valence-electron chi connectivity index (χ2n) is 9.46. The van der Waals surface area contributed by atoms with Crippen LogP contribution >= 0.6 is 0 Å². The van der Waals surface area contributed by atoms with Gasteiger partial charge in [-0.15, -0.1) is 0 Å². The van der Waals surface area contributed by atoms with Crippen molar-refractivity contribution in [2.75, 3.05) is 29.0 Å². The Balaban J connectivity index is 1.50. The summed E-state index contributed by atoms with van der Waals surface area (Å²) in [4.78, 5) is 30.4. The molecule has 37 heavy (non-hydrogen) atoms. The van der Waals surface area contributed by atoms with Crippen LogP contribution in [0.15, 0.2) is 30.3 Å². The van der Waals surface area contributed by atoms with Crippen molar-refractivity contribution in [2.24, 2.45) is 5.92 Å². The van der Waals surface area contributed by atoms with Crippen molar-refractivity contribution < 1.29 is 36.3 Å². The van der Waals surface area contributed by atoms with E-state index in [0.717, 1.165) is 25.2 Å². The molecule has 1 saturated heterocycles. The molecule has 0 spiro atoms. The predicted octanol–water partition coefficient (Wildman–Crippen LogP) is 3.75. The number of nitrogens with zero attached hydrogens (tertiary/aromatic N) is 2. The minimum atomic E-state index is -4.57. The molecule has 2 aromatic rings. The first-order valence-electron chi connectivity index (χ1n) is 11.7. The Hall–Kier alpha value is -3.35. The SMILES string of the molecule is C[C@@H](NC(=O)C1CC1c1ccc(C(F)(F)F)nc1N1CCCC1)c1ccc(NS(C)(=O)=O)c(C(=O)O)c1. The number of alkyl halides is 3. The summed E-state index contributed by atoms with van der Waals surface area (Å²) in [6.45, 7) is 2.88. The van der Waals surface area contributed by atoms with Gasteiger partial charge in [-0.3, -0.25) is 9.52 Å². The van der Waals surface area contributed by atoms with Crippen LogP contribution in [0.1, 0.15) is 65.3 Å². The second kappa shape index (κ2) is 9.84. The van der Waals surface area contributed by atoms with Gasteiger partial charge in [0.25, 0.3) is 0 Å². The predicted molar refractivity (Wildman–Crippen MR) is 130 cm³/mol. The summed E-state index contributed by atoms with van der Waals surface area (Å²) in [5.74, 6) is -2.08. The molecular weight excluding hydrogens is 513 g/mol. The molecule has 0 radical (unpaired) electrons. The third-order valence-electron chi connectivity index (χ3n) is 6.56. The third kappa shape index (κ3) is 6.14. The number of carboxylic acids is 1. The maximum atomic E-state index is 13.3. The van der Waals surface area contributed by atoms with Crippen LogP contribution in [0.4, 0.5) is 24.7 Å². The zero-order valence-electron chi connectivity index (χ0n) is 20.2. The molecule has 3 N–H and O–H groups in total. The summed E-state index contributed by atoms with van der Waals surface area (Å²) in [6, 6.07) is 5.89. The number of amides is 1. The lowest BCUT2D eigenvalue weighted by molar-refractivity contribution is -0.141. The van der Waals surface area contributed by atoms with E-state index >= 15 is 0 Å². The Morgan fingerprint density at radius 3 is 2.43 bits per heavy atom. The molecule has 2 unspecified atom stereocenters. The van der Waals surface area contributed by atoms with Crippen molar-refractivity contribution >= 4 is 33.4 Å². The van der Waals surface area contributed by atoms with E-state index in [1.54, 1.807) is 6.92 Å². The van der Waals surface area contributed by atoms with Gasteiger partial charge < -0.3 is 15.3 Å².